The molecule has 0 bridgehead atoms. The maximum absolute atomic E-state index is 5.71. The summed E-state index contributed by atoms with van der Waals surface area (Å²) in [5.74, 6) is 0. The van der Waals surface area contributed by atoms with E-state index in [1.165, 1.54) is 11.3 Å². The highest BCUT2D eigenvalue weighted by atomic mass is 32.1. The Labute approximate surface area is 123 Å². The Bertz CT molecular complexity index is 533. The fourth-order valence-electron chi connectivity index (χ4n) is 2.70. The molecule has 20 heavy (non-hydrogen) atoms. The minimum absolute atomic E-state index is 0.704. The molecule has 0 radical (unpaired) electrons. The highest BCUT2D eigenvalue weighted by Crippen LogP contribution is 2.24. The summed E-state index contributed by atoms with van der Waals surface area (Å²) >= 11 is 1.72. The van der Waals surface area contributed by atoms with Gasteiger partial charge in [0.1, 0.15) is 0 Å². The predicted molar refractivity (Wildman–Crippen MR) is 85.7 cm³/mol. The van der Waals surface area contributed by atoms with Crippen LogP contribution in [-0.4, -0.2) is 37.7 Å². The van der Waals surface area contributed by atoms with Crippen molar-refractivity contribution in [2.24, 2.45) is 5.73 Å². The van der Waals surface area contributed by atoms with Crippen molar-refractivity contribution in [2.75, 3.05) is 42.5 Å². The first-order valence-electron chi connectivity index (χ1n) is 7.06. The second-order valence-electron chi connectivity index (χ2n) is 4.96. The highest BCUT2D eigenvalue weighted by molar-refractivity contribution is 7.13. The third kappa shape index (κ3) is 2.78. The molecular weight excluding hydrogens is 268 g/mol. The average Bonchev–Trinajstić information content (AvgIpc) is 3.03. The smallest absolute Gasteiger partial charge is 0.185 e. The minimum atomic E-state index is 0.704. The first-order valence-corrected chi connectivity index (χ1v) is 7.94. The Morgan fingerprint density at radius 1 is 1.10 bits per heavy atom. The zero-order valence-corrected chi connectivity index (χ0v) is 12.4. The van der Waals surface area contributed by atoms with Crippen LogP contribution >= 0.6 is 11.3 Å². The number of anilines is 2. The molecule has 1 aromatic carbocycles. The number of hydrogen-bond acceptors (Lipinski definition) is 5. The highest BCUT2D eigenvalue weighted by Gasteiger charge is 2.20. The van der Waals surface area contributed by atoms with E-state index < -0.39 is 0 Å². The van der Waals surface area contributed by atoms with Crippen LogP contribution in [0.25, 0.3) is 0 Å². The number of hydrogen-bond donors (Lipinski definition) is 1. The lowest BCUT2D eigenvalue weighted by atomic mass is 10.1. The van der Waals surface area contributed by atoms with Crippen LogP contribution < -0.4 is 15.5 Å². The van der Waals surface area contributed by atoms with Gasteiger partial charge in [-0.25, -0.2) is 4.98 Å². The molecule has 1 aromatic heterocycles. The first kappa shape index (κ1) is 13.4. The molecule has 2 N–H and O–H groups in total. The summed E-state index contributed by atoms with van der Waals surface area (Å²) in [6.45, 7) is 4.85. The van der Waals surface area contributed by atoms with Crippen molar-refractivity contribution < 1.29 is 0 Å². The number of benzene rings is 1. The standard InChI is InChI=1S/C15H20N4S/c16-6-5-13-3-1-2-4-14(13)18-8-10-19(11-9-18)15-17-7-12-20-15/h1-4,7,12H,5-6,8-11,16H2. The molecule has 0 unspecified atom stereocenters. The predicted octanol–water partition coefficient (Wildman–Crippen LogP) is 1.97. The van der Waals surface area contributed by atoms with Crippen LogP contribution in [0.2, 0.25) is 0 Å². The van der Waals surface area contributed by atoms with E-state index in [0.717, 1.165) is 37.7 Å². The van der Waals surface area contributed by atoms with Gasteiger partial charge in [0, 0.05) is 43.4 Å². The molecule has 0 aliphatic carbocycles. The summed E-state index contributed by atoms with van der Waals surface area (Å²) in [5, 5.41) is 3.18. The van der Waals surface area contributed by atoms with E-state index in [-0.39, 0.29) is 0 Å². The van der Waals surface area contributed by atoms with Crippen molar-refractivity contribution in [1.29, 1.82) is 0 Å². The van der Waals surface area contributed by atoms with E-state index in [1.807, 2.05) is 11.6 Å². The van der Waals surface area contributed by atoms with E-state index in [9.17, 15) is 0 Å². The average molecular weight is 288 g/mol. The Morgan fingerprint density at radius 2 is 1.85 bits per heavy atom. The molecule has 106 valence electrons. The molecule has 4 nitrogen and oxygen atoms in total. The molecule has 0 spiro atoms. The molecular formula is C15H20N4S. The summed E-state index contributed by atoms with van der Waals surface area (Å²) in [6.07, 6.45) is 2.83. The lowest BCUT2D eigenvalue weighted by Crippen LogP contribution is -2.46. The van der Waals surface area contributed by atoms with Crippen LogP contribution in [-0.2, 0) is 6.42 Å². The topological polar surface area (TPSA) is 45.4 Å². The van der Waals surface area contributed by atoms with Gasteiger partial charge in [-0.3, -0.25) is 0 Å². The SMILES string of the molecule is NCCc1ccccc1N1CCN(c2nccs2)CC1. The molecule has 0 saturated carbocycles. The van der Waals surface area contributed by atoms with Gasteiger partial charge >= 0.3 is 0 Å². The number of para-hydroxylation sites is 1. The van der Waals surface area contributed by atoms with E-state index >= 15 is 0 Å². The second-order valence-corrected chi connectivity index (χ2v) is 5.83. The molecule has 5 heteroatoms. The van der Waals surface area contributed by atoms with Crippen molar-refractivity contribution in [3.63, 3.8) is 0 Å². The van der Waals surface area contributed by atoms with Crippen LogP contribution in [0.1, 0.15) is 5.56 Å². The van der Waals surface area contributed by atoms with Crippen LogP contribution in [0.5, 0.6) is 0 Å². The number of thiazole rings is 1. The van der Waals surface area contributed by atoms with Gasteiger partial charge in [0.2, 0.25) is 0 Å². The molecule has 1 saturated heterocycles. The Hall–Kier alpha value is -1.59. The normalized spacial score (nSPS) is 15.7. The Morgan fingerprint density at radius 3 is 2.55 bits per heavy atom. The second kappa shape index (κ2) is 6.24. The zero-order chi connectivity index (χ0) is 13.8. The van der Waals surface area contributed by atoms with Gasteiger partial charge in [-0.15, -0.1) is 11.3 Å². The zero-order valence-electron chi connectivity index (χ0n) is 11.5. The van der Waals surface area contributed by atoms with Crippen molar-refractivity contribution in [3.8, 4) is 0 Å². The molecule has 2 aromatic rings. The molecule has 1 aliphatic rings. The van der Waals surface area contributed by atoms with Crippen molar-refractivity contribution >= 4 is 22.2 Å². The van der Waals surface area contributed by atoms with Gasteiger partial charge in [0.25, 0.3) is 0 Å². The van der Waals surface area contributed by atoms with Crippen LogP contribution in [0.4, 0.5) is 10.8 Å². The van der Waals surface area contributed by atoms with Gasteiger partial charge in [-0.2, -0.15) is 0 Å². The van der Waals surface area contributed by atoms with Crippen LogP contribution in [0.15, 0.2) is 35.8 Å². The first-order chi connectivity index (χ1) is 9.88. The van der Waals surface area contributed by atoms with Gasteiger partial charge in [-0.1, -0.05) is 18.2 Å². The van der Waals surface area contributed by atoms with Gasteiger partial charge in [-0.05, 0) is 24.6 Å². The number of nitrogens with two attached hydrogens (primary N) is 1. The van der Waals surface area contributed by atoms with Crippen LogP contribution in [0, 0.1) is 0 Å². The summed E-state index contributed by atoms with van der Waals surface area (Å²) < 4.78 is 0. The lowest BCUT2D eigenvalue weighted by Gasteiger charge is -2.36. The number of nitrogens with zero attached hydrogens (tertiary/aromatic N) is 3. The maximum atomic E-state index is 5.71. The van der Waals surface area contributed by atoms with E-state index in [0.29, 0.717) is 6.54 Å². The Kier molecular flexibility index (Phi) is 4.18. The van der Waals surface area contributed by atoms with Crippen molar-refractivity contribution in [1.82, 2.24) is 4.98 Å². The van der Waals surface area contributed by atoms with Gasteiger partial charge < -0.3 is 15.5 Å². The molecule has 1 aliphatic heterocycles. The minimum Gasteiger partial charge on any atom is -0.368 e. The quantitative estimate of drug-likeness (QED) is 0.934. The fourth-order valence-corrected chi connectivity index (χ4v) is 3.39. The summed E-state index contributed by atoms with van der Waals surface area (Å²) in [5.41, 5.74) is 8.41. The van der Waals surface area contributed by atoms with Gasteiger partial charge in [0.15, 0.2) is 5.13 Å². The van der Waals surface area contributed by atoms with Crippen molar-refractivity contribution in [3.05, 3.63) is 41.4 Å². The number of rotatable bonds is 4. The van der Waals surface area contributed by atoms with E-state index in [1.54, 1.807) is 11.3 Å². The molecule has 0 atom stereocenters. The fraction of sp³-hybridized carbons (Fsp3) is 0.400. The number of aromatic nitrogens is 1. The summed E-state index contributed by atoms with van der Waals surface area (Å²) in [7, 11) is 0. The summed E-state index contributed by atoms with van der Waals surface area (Å²) in [4.78, 5) is 9.23. The summed E-state index contributed by atoms with van der Waals surface area (Å²) in [6, 6.07) is 8.61. The van der Waals surface area contributed by atoms with Gasteiger partial charge in [0.05, 0.1) is 0 Å². The molecule has 2 heterocycles. The Balaban J connectivity index is 1.69. The number of piperazine rings is 1. The molecule has 0 amide bonds. The monoisotopic (exact) mass is 288 g/mol. The van der Waals surface area contributed by atoms with E-state index in [4.69, 9.17) is 5.73 Å². The third-order valence-corrected chi connectivity index (χ3v) is 4.55. The maximum Gasteiger partial charge on any atom is 0.185 e. The largest absolute Gasteiger partial charge is 0.368 e. The third-order valence-electron chi connectivity index (χ3n) is 3.72. The van der Waals surface area contributed by atoms with E-state index in [2.05, 4.69) is 39.0 Å². The molecule has 3 rings (SSSR count). The molecule has 1 fully saturated rings. The van der Waals surface area contributed by atoms with Crippen molar-refractivity contribution in [2.45, 2.75) is 6.42 Å². The lowest BCUT2D eigenvalue weighted by molar-refractivity contribution is 0.649. The van der Waals surface area contributed by atoms with Crippen LogP contribution in [0.3, 0.4) is 0 Å².